The quantitative estimate of drug-likeness (QED) is 0.784. The Morgan fingerprint density at radius 3 is 2.94 bits per heavy atom. The molecule has 8 nitrogen and oxygen atoms in total. The van der Waals surface area contributed by atoms with Gasteiger partial charge in [0.2, 0.25) is 5.88 Å². The van der Waals surface area contributed by atoms with Gasteiger partial charge in [0.25, 0.3) is 5.82 Å². The maximum atomic E-state index is 8.63. The van der Waals surface area contributed by atoms with Crippen molar-refractivity contribution in [3.05, 3.63) is 18.5 Å². The van der Waals surface area contributed by atoms with Gasteiger partial charge < -0.3 is 10.5 Å². The minimum Gasteiger partial charge on any atom is -0.476 e. The summed E-state index contributed by atoms with van der Waals surface area (Å²) in [7, 11) is 0. The largest absolute Gasteiger partial charge is 0.476 e. The van der Waals surface area contributed by atoms with Crippen LogP contribution in [-0.4, -0.2) is 31.3 Å². The standard InChI is InChI=1S/C9H9N7O/c1-2-17-9-7(11)8(12-4-13-9)16-5-14-6(3-10)15-16/h4-5H,2,11H2,1H3. The Hall–Kier alpha value is -2.69. The van der Waals surface area contributed by atoms with Gasteiger partial charge in [-0.15, -0.1) is 5.10 Å². The number of hydrogen-bond donors (Lipinski definition) is 1. The Balaban J connectivity index is 2.45. The van der Waals surface area contributed by atoms with Crippen LogP contribution in [0, 0.1) is 11.3 Å². The van der Waals surface area contributed by atoms with Gasteiger partial charge in [-0.2, -0.15) is 14.9 Å². The van der Waals surface area contributed by atoms with E-state index in [-0.39, 0.29) is 17.4 Å². The van der Waals surface area contributed by atoms with Crippen molar-refractivity contribution in [1.29, 1.82) is 5.26 Å². The number of nitrogen functional groups attached to an aromatic ring is 1. The predicted molar refractivity (Wildman–Crippen MR) is 57.2 cm³/mol. The number of anilines is 1. The molecule has 0 aromatic carbocycles. The van der Waals surface area contributed by atoms with E-state index in [2.05, 4.69) is 20.1 Å². The zero-order valence-electron chi connectivity index (χ0n) is 9.03. The summed E-state index contributed by atoms with van der Waals surface area (Å²) in [6.07, 6.45) is 2.66. The van der Waals surface area contributed by atoms with Gasteiger partial charge >= 0.3 is 0 Å². The molecule has 0 saturated heterocycles. The SMILES string of the molecule is CCOc1ncnc(-n2cnc(C#N)n2)c1N. The summed E-state index contributed by atoms with van der Waals surface area (Å²) in [5.41, 5.74) is 6.08. The molecule has 0 spiro atoms. The van der Waals surface area contributed by atoms with Crippen LogP contribution in [-0.2, 0) is 0 Å². The zero-order chi connectivity index (χ0) is 12.3. The molecule has 8 heteroatoms. The van der Waals surface area contributed by atoms with Gasteiger partial charge in [-0.3, -0.25) is 0 Å². The second kappa shape index (κ2) is 4.44. The topological polar surface area (TPSA) is 116 Å². The van der Waals surface area contributed by atoms with Crippen molar-refractivity contribution in [3.63, 3.8) is 0 Å². The third kappa shape index (κ3) is 1.98. The monoisotopic (exact) mass is 231 g/mol. The van der Waals surface area contributed by atoms with E-state index in [0.29, 0.717) is 12.4 Å². The maximum Gasteiger partial charge on any atom is 0.252 e. The van der Waals surface area contributed by atoms with Crippen LogP contribution < -0.4 is 10.5 Å². The lowest BCUT2D eigenvalue weighted by atomic mass is 10.4. The molecule has 0 aliphatic rings. The Bertz CT molecular complexity index is 571. The first-order valence-electron chi connectivity index (χ1n) is 4.81. The third-order valence-corrected chi connectivity index (χ3v) is 1.92. The van der Waals surface area contributed by atoms with E-state index < -0.39 is 0 Å². The molecule has 0 atom stereocenters. The second-order valence-electron chi connectivity index (χ2n) is 2.97. The molecule has 0 unspecified atom stereocenters. The van der Waals surface area contributed by atoms with Gasteiger partial charge in [-0.05, 0) is 6.92 Å². The molecular weight excluding hydrogens is 222 g/mol. The highest BCUT2D eigenvalue weighted by Gasteiger charge is 2.12. The summed E-state index contributed by atoms with van der Waals surface area (Å²) in [5.74, 6) is 0.657. The molecule has 0 bridgehead atoms. The van der Waals surface area contributed by atoms with E-state index >= 15 is 0 Å². The van der Waals surface area contributed by atoms with Crippen molar-refractivity contribution >= 4 is 5.69 Å². The summed E-state index contributed by atoms with van der Waals surface area (Å²) in [6, 6.07) is 1.82. The molecule has 17 heavy (non-hydrogen) atoms. The lowest BCUT2D eigenvalue weighted by molar-refractivity contribution is 0.328. The van der Waals surface area contributed by atoms with E-state index in [4.69, 9.17) is 15.7 Å². The van der Waals surface area contributed by atoms with Crippen LogP contribution in [0.4, 0.5) is 5.69 Å². The highest BCUT2D eigenvalue weighted by atomic mass is 16.5. The van der Waals surface area contributed by atoms with E-state index in [1.165, 1.54) is 17.3 Å². The summed E-state index contributed by atoms with van der Waals surface area (Å²) in [4.78, 5) is 11.6. The fraction of sp³-hybridized carbons (Fsp3) is 0.222. The van der Waals surface area contributed by atoms with Crippen molar-refractivity contribution < 1.29 is 4.74 Å². The van der Waals surface area contributed by atoms with Gasteiger partial charge in [-0.25, -0.2) is 9.97 Å². The third-order valence-electron chi connectivity index (χ3n) is 1.92. The predicted octanol–water partition coefficient (Wildman–Crippen LogP) is -0.0901. The summed E-state index contributed by atoms with van der Waals surface area (Å²) in [5, 5.41) is 12.5. The van der Waals surface area contributed by atoms with Crippen LogP contribution in [0.2, 0.25) is 0 Å². The van der Waals surface area contributed by atoms with Crippen LogP contribution in [0.5, 0.6) is 5.88 Å². The zero-order valence-corrected chi connectivity index (χ0v) is 9.03. The number of nitrogens with zero attached hydrogens (tertiary/aromatic N) is 6. The second-order valence-corrected chi connectivity index (χ2v) is 2.97. The minimum atomic E-state index is 0.0426. The Kier molecular flexibility index (Phi) is 2.83. The van der Waals surface area contributed by atoms with Crippen LogP contribution in [0.15, 0.2) is 12.7 Å². The van der Waals surface area contributed by atoms with Gasteiger partial charge in [0.1, 0.15) is 24.4 Å². The molecule has 2 heterocycles. The van der Waals surface area contributed by atoms with E-state index in [1.807, 2.05) is 13.0 Å². The molecule has 2 rings (SSSR count). The van der Waals surface area contributed by atoms with Crippen molar-refractivity contribution in [3.8, 4) is 17.8 Å². The van der Waals surface area contributed by atoms with Crippen LogP contribution in [0.1, 0.15) is 12.7 Å². The molecule has 2 aromatic rings. The summed E-state index contributed by atoms with van der Waals surface area (Å²) < 4.78 is 6.53. The van der Waals surface area contributed by atoms with E-state index in [1.54, 1.807) is 0 Å². The molecule has 2 aromatic heterocycles. The molecular formula is C9H9N7O. The van der Waals surface area contributed by atoms with Crippen molar-refractivity contribution in [2.24, 2.45) is 0 Å². The lowest BCUT2D eigenvalue weighted by Gasteiger charge is -2.07. The molecule has 0 amide bonds. The van der Waals surface area contributed by atoms with Crippen LogP contribution in [0.3, 0.4) is 0 Å². The van der Waals surface area contributed by atoms with E-state index in [0.717, 1.165) is 0 Å². The van der Waals surface area contributed by atoms with Gasteiger partial charge in [0.05, 0.1) is 6.61 Å². The Labute approximate surface area is 96.7 Å². The number of rotatable bonds is 3. The summed E-state index contributed by atoms with van der Waals surface area (Å²) in [6.45, 7) is 2.27. The van der Waals surface area contributed by atoms with Crippen LogP contribution >= 0.6 is 0 Å². The highest BCUT2D eigenvalue weighted by molar-refractivity contribution is 5.59. The first-order valence-corrected chi connectivity index (χ1v) is 4.81. The average molecular weight is 231 g/mol. The molecule has 0 saturated carbocycles. The average Bonchev–Trinajstić information content (AvgIpc) is 2.80. The Morgan fingerprint density at radius 1 is 1.47 bits per heavy atom. The number of ether oxygens (including phenoxy) is 1. The fourth-order valence-corrected chi connectivity index (χ4v) is 1.22. The van der Waals surface area contributed by atoms with Crippen molar-refractivity contribution in [1.82, 2.24) is 24.7 Å². The fourth-order valence-electron chi connectivity index (χ4n) is 1.22. The molecule has 0 aliphatic heterocycles. The number of nitrogens with two attached hydrogens (primary N) is 1. The highest BCUT2D eigenvalue weighted by Crippen LogP contribution is 2.22. The smallest absolute Gasteiger partial charge is 0.252 e. The van der Waals surface area contributed by atoms with Gasteiger partial charge in [0.15, 0.2) is 5.82 Å². The van der Waals surface area contributed by atoms with Crippen molar-refractivity contribution in [2.75, 3.05) is 12.3 Å². The molecule has 86 valence electrons. The molecule has 0 fully saturated rings. The normalized spacial score (nSPS) is 9.88. The van der Waals surface area contributed by atoms with Gasteiger partial charge in [-0.1, -0.05) is 0 Å². The Morgan fingerprint density at radius 2 is 2.29 bits per heavy atom. The summed E-state index contributed by atoms with van der Waals surface area (Å²) >= 11 is 0. The first-order chi connectivity index (χ1) is 8.26. The van der Waals surface area contributed by atoms with Gasteiger partial charge in [0, 0.05) is 0 Å². The molecule has 2 N–H and O–H groups in total. The number of aromatic nitrogens is 5. The number of hydrogen-bond acceptors (Lipinski definition) is 7. The van der Waals surface area contributed by atoms with E-state index in [9.17, 15) is 0 Å². The number of nitriles is 1. The molecule has 0 radical (unpaired) electrons. The lowest BCUT2D eigenvalue weighted by Crippen LogP contribution is -2.07. The van der Waals surface area contributed by atoms with Crippen LogP contribution in [0.25, 0.3) is 5.82 Å². The minimum absolute atomic E-state index is 0.0426. The maximum absolute atomic E-state index is 8.63. The van der Waals surface area contributed by atoms with Crippen molar-refractivity contribution in [2.45, 2.75) is 6.92 Å². The molecule has 0 aliphatic carbocycles. The first kappa shape index (κ1) is 10.8.